The van der Waals surface area contributed by atoms with Crippen LogP contribution in [0.3, 0.4) is 0 Å². The number of rotatable bonds is 3. The molecule has 0 amide bonds. The third-order valence-corrected chi connectivity index (χ3v) is 5.23. The van der Waals surface area contributed by atoms with Crippen molar-refractivity contribution in [3.63, 3.8) is 0 Å². The molecule has 0 spiro atoms. The molecule has 98 valence electrons. The molecule has 5 nitrogen and oxygen atoms in total. The topological polar surface area (TPSA) is 84.5 Å². The highest BCUT2D eigenvalue weighted by Crippen LogP contribution is 2.20. The number of para-hydroxylation sites is 1. The van der Waals surface area contributed by atoms with Gasteiger partial charge in [-0.2, -0.15) is 0 Å². The standard InChI is InChI=1S/C12H17N3O2S/c13-12(15-10-5-2-1-3-6-10)14-9-11-7-4-8-18(11,16)17/h1-3,5-6,11H,4,7-9H2,(H3,13,14,15). The number of hydrogen-bond acceptors (Lipinski definition) is 3. The number of nitrogens with one attached hydrogen (secondary N) is 1. The number of aliphatic imine (C=N–C) groups is 1. The summed E-state index contributed by atoms with van der Waals surface area (Å²) in [5.74, 6) is 0.530. The summed E-state index contributed by atoms with van der Waals surface area (Å²) in [6.07, 6.45) is 1.42. The first-order chi connectivity index (χ1) is 8.58. The zero-order valence-electron chi connectivity index (χ0n) is 10.0. The molecule has 6 heteroatoms. The summed E-state index contributed by atoms with van der Waals surface area (Å²) >= 11 is 0. The molecule has 0 bridgehead atoms. The molecule has 0 aromatic heterocycles. The number of hydrogen-bond donors (Lipinski definition) is 2. The molecule has 0 saturated carbocycles. The van der Waals surface area contributed by atoms with Crippen molar-refractivity contribution in [2.75, 3.05) is 17.6 Å². The van der Waals surface area contributed by atoms with E-state index in [1.807, 2.05) is 30.3 Å². The van der Waals surface area contributed by atoms with Crippen LogP contribution >= 0.6 is 0 Å². The minimum absolute atomic E-state index is 0.244. The van der Waals surface area contributed by atoms with Crippen LogP contribution in [0.5, 0.6) is 0 Å². The Kier molecular flexibility index (Phi) is 3.86. The zero-order valence-corrected chi connectivity index (χ0v) is 10.9. The highest BCUT2D eigenvalue weighted by Gasteiger charge is 2.30. The Hall–Kier alpha value is -1.56. The first-order valence-electron chi connectivity index (χ1n) is 5.91. The summed E-state index contributed by atoms with van der Waals surface area (Å²) < 4.78 is 23.2. The normalized spacial score (nSPS) is 22.9. The maximum absolute atomic E-state index is 11.6. The van der Waals surface area contributed by atoms with Crippen molar-refractivity contribution in [1.82, 2.24) is 0 Å². The van der Waals surface area contributed by atoms with Gasteiger partial charge in [0.05, 0.1) is 17.5 Å². The molecule has 1 saturated heterocycles. The van der Waals surface area contributed by atoms with Crippen LogP contribution in [-0.4, -0.2) is 31.9 Å². The number of nitrogens with two attached hydrogens (primary N) is 1. The third kappa shape index (κ3) is 3.22. The molecular weight excluding hydrogens is 250 g/mol. The number of guanidine groups is 1. The van der Waals surface area contributed by atoms with Crippen molar-refractivity contribution >= 4 is 21.5 Å². The Morgan fingerprint density at radius 3 is 2.72 bits per heavy atom. The van der Waals surface area contributed by atoms with E-state index in [4.69, 9.17) is 5.73 Å². The van der Waals surface area contributed by atoms with Crippen LogP contribution in [0.25, 0.3) is 0 Å². The Bertz CT molecular complexity index is 526. The fourth-order valence-corrected chi connectivity index (χ4v) is 3.70. The van der Waals surface area contributed by atoms with Gasteiger partial charge >= 0.3 is 0 Å². The second kappa shape index (κ2) is 5.39. The van der Waals surface area contributed by atoms with Gasteiger partial charge in [-0.05, 0) is 25.0 Å². The number of sulfone groups is 1. The molecule has 1 fully saturated rings. The summed E-state index contributed by atoms with van der Waals surface area (Å²) in [6, 6.07) is 9.42. The van der Waals surface area contributed by atoms with Crippen LogP contribution < -0.4 is 11.1 Å². The summed E-state index contributed by atoms with van der Waals surface area (Å²) in [5, 5.41) is 2.56. The van der Waals surface area contributed by atoms with Crippen molar-refractivity contribution in [1.29, 1.82) is 0 Å². The molecule has 1 atom stereocenters. The molecular formula is C12H17N3O2S. The van der Waals surface area contributed by atoms with Gasteiger partial charge in [0.25, 0.3) is 0 Å². The van der Waals surface area contributed by atoms with E-state index < -0.39 is 9.84 Å². The molecule has 1 aromatic carbocycles. The van der Waals surface area contributed by atoms with Gasteiger partial charge in [-0.15, -0.1) is 0 Å². The van der Waals surface area contributed by atoms with Gasteiger partial charge < -0.3 is 11.1 Å². The van der Waals surface area contributed by atoms with Gasteiger partial charge in [0.15, 0.2) is 15.8 Å². The minimum atomic E-state index is -2.95. The molecule has 3 N–H and O–H groups in total. The fraction of sp³-hybridized carbons (Fsp3) is 0.417. The number of nitrogens with zero attached hydrogens (tertiary/aromatic N) is 1. The smallest absolute Gasteiger partial charge is 0.193 e. The maximum atomic E-state index is 11.6. The van der Waals surface area contributed by atoms with Crippen molar-refractivity contribution in [2.24, 2.45) is 10.7 Å². The first kappa shape index (κ1) is 12.9. The molecule has 0 aliphatic carbocycles. The second-order valence-electron chi connectivity index (χ2n) is 4.35. The second-order valence-corrected chi connectivity index (χ2v) is 6.75. The summed E-state index contributed by atoms with van der Waals surface area (Å²) in [5.41, 5.74) is 6.56. The van der Waals surface area contributed by atoms with Gasteiger partial charge in [-0.3, -0.25) is 4.99 Å². The molecule has 1 heterocycles. The van der Waals surface area contributed by atoms with E-state index >= 15 is 0 Å². The SMILES string of the molecule is NC(=NCC1CCCS1(=O)=O)Nc1ccccc1. The van der Waals surface area contributed by atoms with Crippen molar-refractivity contribution in [3.05, 3.63) is 30.3 Å². The van der Waals surface area contributed by atoms with Gasteiger partial charge in [0.1, 0.15) is 0 Å². The lowest BCUT2D eigenvalue weighted by Gasteiger charge is -2.08. The Labute approximate surface area is 107 Å². The monoisotopic (exact) mass is 267 g/mol. The van der Waals surface area contributed by atoms with Gasteiger partial charge in [-0.25, -0.2) is 8.42 Å². The maximum Gasteiger partial charge on any atom is 0.193 e. The summed E-state index contributed by atoms with van der Waals surface area (Å²) in [4.78, 5) is 4.10. The van der Waals surface area contributed by atoms with E-state index in [2.05, 4.69) is 10.3 Å². The minimum Gasteiger partial charge on any atom is -0.370 e. The number of benzene rings is 1. The molecule has 1 aromatic rings. The van der Waals surface area contributed by atoms with Crippen molar-refractivity contribution in [3.8, 4) is 0 Å². The fourth-order valence-electron chi connectivity index (χ4n) is 1.97. The van der Waals surface area contributed by atoms with E-state index in [-0.39, 0.29) is 23.5 Å². The van der Waals surface area contributed by atoms with Crippen molar-refractivity contribution < 1.29 is 8.42 Å². The molecule has 18 heavy (non-hydrogen) atoms. The Balaban J connectivity index is 1.94. The third-order valence-electron chi connectivity index (χ3n) is 2.97. The van der Waals surface area contributed by atoms with Crippen LogP contribution in [-0.2, 0) is 9.84 Å². The Morgan fingerprint density at radius 1 is 1.39 bits per heavy atom. The van der Waals surface area contributed by atoms with Crippen LogP contribution in [0.1, 0.15) is 12.8 Å². The van der Waals surface area contributed by atoms with E-state index in [0.29, 0.717) is 6.42 Å². The highest BCUT2D eigenvalue weighted by molar-refractivity contribution is 7.92. The summed E-state index contributed by atoms with van der Waals surface area (Å²) in [7, 11) is -2.95. The lowest BCUT2D eigenvalue weighted by atomic mass is 10.2. The molecule has 1 unspecified atom stereocenters. The van der Waals surface area contributed by atoms with Crippen LogP contribution in [0.15, 0.2) is 35.3 Å². The van der Waals surface area contributed by atoms with Crippen LogP contribution in [0, 0.1) is 0 Å². The lowest BCUT2D eigenvalue weighted by molar-refractivity contribution is 0.590. The lowest BCUT2D eigenvalue weighted by Crippen LogP contribution is -2.26. The molecule has 1 aliphatic rings. The van der Waals surface area contributed by atoms with E-state index in [1.54, 1.807) is 0 Å². The predicted octanol–water partition coefficient (Wildman–Crippen LogP) is 0.990. The zero-order chi connectivity index (χ0) is 13.0. The van der Waals surface area contributed by atoms with Gasteiger partial charge in [0.2, 0.25) is 0 Å². The summed E-state index contributed by atoms with van der Waals surface area (Å²) in [6.45, 7) is 0.244. The quantitative estimate of drug-likeness (QED) is 0.632. The molecule has 2 rings (SSSR count). The van der Waals surface area contributed by atoms with Crippen LogP contribution in [0.2, 0.25) is 0 Å². The predicted molar refractivity (Wildman–Crippen MR) is 73.4 cm³/mol. The van der Waals surface area contributed by atoms with E-state index in [0.717, 1.165) is 12.1 Å². The number of anilines is 1. The molecule has 1 aliphatic heterocycles. The van der Waals surface area contributed by atoms with Crippen molar-refractivity contribution in [2.45, 2.75) is 18.1 Å². The highest BCUT2D eigenvalue weighted by atomic mass is 32.2. The molecule has 0 radical (unpaired) electrons. The largest absolute Gasteiger partial charge is 0.370 e. The average Bonchev–Trinajstić information content (AvgIpc) is 2.67. The Morgan fingerprint density at radius 2 is 2.11 bits per heavy atom. The first-order valence-corrected chi connectivity index (χ1v) is 7.63. The van der Waals surface area contributed by atoms with Gasteiger partial charge in [0, 0.05) is 5.69 Å². The average molecular weight is 267 g/mol. The van der Waals surface area contributed by atoms with E-state index in [9.17, 15) is 8.42 Å². The van der Waals surface area contributed by atoms with E-state index in [1.165, 1.54) is 0 Å². The van der Waals surface area contributed by atoms with Gasteiger partial charge in [-0.1, -0.05) is 18.2 Å². The van der Waals surface area contributed by atoms with Crippen LogP contribution in [0.4, 0.5) is 5.69 Å².